The molecule has 1 aromatic heterocycles. The quantitative estimate of drug-likeness (QED) is 0.907. The fraction of sp³-hybridized carbons (Fsp3) is 0.444. The molecule has 0 spiro atoms. The summed E-state index contributed by atoms with van der Waals surface area (Å²) < 4.78 is 13.8. The number of fused-ring (bicyclic) bond motifs is 1. The highest BCUT2D eigenvalue weighted by atomic mass is 19.1. The van der Waals surface area contributed by atoms with Crippen molar-refractivity contribution in [3.63, 3.8) is 0 Å². The van der Waals surface area contributed by atoms with Gasteiger partial charge in [0.05, 0.1) is 22.4 Å². The van der Waals surface area contributed by atoms with E-state index < -0.39 is 5.60 Å². The molecule has 120 valence electrons. The molecule has 1 heterocycles. The molecule has 1 aromatic carbocycles. The van der Waals surface area contributed by atoms with Crippen molar-refractivity contribution in [1.29, 1.82) is 5.26 Å². The smallest absolute Gasteiger partial charge is 0.124 e. The third-order valence-electron chi connectivity index (χ3n) is 4.63. The number of anilines is 1. The lowest BCUT2D eigenvalue weighted by molar-refractivity contribution is 0.0167. The number of hydrogen-bond donors (Lipinski definition) is 2. The Morgan fingerprint density at radius 1 is 1.35 bits per heavy atom. The second-order valence-electron chi connectivity index (χ2n) is 6.42. The van der Waals surface area contributed by atoms with Crippen LogP contribution in [0.15, 0.2) is 18.3 Å². The van der Waals surface area contributed by atoms with Gasteiger partial charge in [0.2, 0.25) is 0 Å². The Morgan fingerprint density at radius 2 is 2.09 bits per heavy atom. The molecule has 3 rings (SSSR count). The van der Waals surface area contributed by atoms with Crippen LogP contribution in [0.1, 0.15) is 43.2 Å². The van der Waals surface area contributed by atoms with E-state index in [0.717, 1.165) is 37.7 Å². The van der Waals surface area contributed by atoms with Crippen LogP contribution in [0.5, 0.6) is 0 Å². The van der Waals surface area contributed by atoms with E-state index >= 15 is 0 Å². The molecule has 0 radical (unpaired) electrons. The zero-order valence-electron chi connectivity index (χ0n) is 13.2. The Bertz CT molecular complexity index is 776. The number of nitrogens with one attached hydrogen (secondary N) is 1. The number of aliphatic hydroxyl groups is 1. The molecule has 5 heteroatoms. The predicted molar refractivity (Wildman–Crippen MR) is 87.7 cm³/mol. The number of benzene rings is 1. The minimum Gasteiger partial charge on any atom is -0.388 e. The van der Waals surface area contributed by atoms with Gasteiger partial charge >= 0.3 is 0 Å². The standard InChI is InChI=1S/C18H20FN3O/c1-12-7-14(19)8-15-16(12)21-10-13(9-20)17(15)22-11-18(23)5-3-2-4-6-18/h7-8,10,23H,2-6,11H2,1H3,(H,21,22). The van der Waals surface area contributed by atoms with Crippen LogP contribution in [0.4, 0.5) is 10.1 Å². The zero-order chi connectivity index (χ0) is 16.4. The molecule has 2 N–H and O–H groups in total. The first kappa shape index (κ1) is 15.7. The molecular formula is C18H20FN3O. The molecule has 0 bridgehead atoms. The Hall–Kier alpha value is -2.19. The van der Waals surface area contributed by atoms with Crippen molar-refractivity contribution in [1.82, 2.24) is 4.98 Å². The molecule has 1 aliphatic carbocycles. The molecule has 0 unspecified atom stereocenters. The van der Waals surface area contributed by atoms with Gasteiger partial charge in [-0.05, 0) is 37.5 Å². The summed E-state index contributed by atoms with van der Waals surface area (Å²) in [5.74, 6) is -0.355. The second-order valence-corrected chi connectivity index (χ2v) is 6.42. The summed E-state index contributed by atoms with van der Waals surface area (Å²) in [5.41, 5.74) is 1.55. The Morgan fingerprint density at radius 3 is 2.78 bits per heavy atom. The van der Waals surface area contributed by atoms with E-state index in [4.69, 9.17) is 0 Å². The first-order valence-electron chi connectivity index (χ1n) is 7.98. The highest BCUT2D eigenvalue weighted by Gasteiger charge is 2.29. The first-order chi connectivity index (χ1) is 11.0. The van der Waals surface area contributed by atoms with E-state index in [0.29, 0.717) is 28.7 Å². The summed E-state index contributed by atoms with van der Waals surface area (Å²) in [6, 6.07) is 4.92. The van der Waals surface area contributed by atoms with Crippen LogP contribution in [0, 0.1) is 24.1 Å². The monoisotopic (exact) mass is 313 g/mol. The molecular weight excluding hydrogens is 293 g/mol. The summed E-state index contributed by atoms with van der Waals surface area (Å²) in [6.07, 6.45) is 6.16. The van der Waals surface area contributed by atoms with Crippen LogP contribution in [0.3, 0.4) is 0 Å². The lowest BCUT2D eigenvalue weighted by Gasteiger charge is -2.32. The van der Waals surface area contributed by atoms with Crippen LogP contribution < -0.4 is 5.32 Å². The first-order valence-corrected chi connectivity index (χ1v) is 7.98. The lowest BCUT2D eigenvalue weighted by Crippen LogP contribution is -2.39. The largest absolute Gasteiger partial charge is 0.388 e. The number of rotatable bonds is 3. The third-order valence-corrected chi connectivity index (χ3v) is 4.63. The van der Waals surface area contributed by atoms with E-state index in [-0.39, 0.29) is 5.82 Å². The number of halogens is 1. The summed E-state index contributed by atoms with van der Waals surface area (Å²) >= 11 is 0. The van der Waals surface area contributed by atoms with Crippen molar-refractivity contribution in [2.45, 2.75) is 44.6 Å². The predicted octanol–water partition coefficient (Wildman–Crippen LogP) is 3.66. The Balaban J connectivity index is 1.99. The molecule has 0 saturated heterocycles. The van der Waals surface area contributed by atoms with Gasteiger partial charge in [-0.3, -0.25) is 4.98 Å². The molecule has 1 aliphatic rings. The van der Waals surface area contributed by atoms with Gasteiger partial charge < -0.3 is 10.4 Å². The van der Waals surface area contributed by atoms with Gasteiger partial charge in [0.15, 0.2) is 0 Å². The van der Waals surface area contributed by atoms with Crippen molar-refractivity contribution in [2.75, 3.05) is 11.9 Å². The molecule has 4 nitrogen and oxygen atoms in total. The molecule has 1 fully saturated rings. The normalized spacial score (nSPS) is 17.0. The summed E-state index contributed by atoms with van der Waals surface area (Å²) in [4.78, 5) is 4.27. The molecule has 0 atom stereocenters. The lowest BCUT2D eigenvalue weighted by atomic mass is 9.85. The molecule has 23 heavy (non-hydrogen) atoms. The Labute approximate surface area is 135 Å². The molecule has 1 saturated carbocycles. The van der Waals surface area contributed by atoms with E-state index in [1.54, 1.807) is 6.92 Å². The minimum atomic E-state index is -0.761. The summed E-state index contributed by atoms with van der Waals surface area (Å²) in [7, 11) is 0. The van der Waals surface area contributed by atoms with Gasteiger partial charge in [-0.15, -0.1) is 0 Å². The number of aryl methyl sites for hydroxylation is 1. The van der Waals surface area contributed by atoms with Gasteiger partial charge in [-0.1, -0.05) is 19.3 Å². The van der Waals surface area contributed by atoms with Crippen LogP contribution in [0.25, 0.3) is 10.9 Å². The van der Waals surface area contributed by atoms with Crippen LogP contribution >= 0.6 is 0 Å². The van der Waals surface area contributed by atoms with Gasteiger partial charge in [0.1, 0.15) is 11.9 Å². The van der Waals surface area contributed by atoms with Gasteiger partial charge in [-0.2, -0.15) is 5.26 Å². The average Bonchev–Trinajstić information content (AvgIpc) is 2.53. The zero-order valence-corrected chi connectivity index (χ0v) is 13.2. The highest BCUT2D eigenvalue weighted by Crippen LogP contribution is 2.32. The fourth-order valence-corrected chi connectivity index (χ4v) is 3.35. The van der Waals surface area contributed by atoms with Crippen LogP contribution in [-0.2, 0) is 0 Å². The number of nitrogens with zero attached hydrogens (tertiary/aromatic N) is 2. The summed E-state index contributed by atoms with van der Waals surface area (Å²) in [5, 5.41) is 23.8. The van der Waals surface area contributed by atoms with Crippen molar-refractivity contribution < 1.29 is 9.50 Å². The topological polar surface area (TPSA) is 68.9 Å². The van der Waals surface area contributed by atoms with E-state index in [2.05, 4.69) is 16.4 Å². The molecule has 2 aromatic rings. The van der Waals surface area contributed by atoms with E-state index in [1.165, 1.54) is 18.3 Å². The number of aromatic nitrogens is 1. The molecule has 0 aliphatic heterocycles. The third kappa shape index (κ3) is 3.13. The van der Waals surface area contributed by atoms with E-state index in [9.17, 15) is 14.8 Å². The van der Waals surface area contributed by atoms with Crippen molar-refractivity contribution in [2.24, 2.45) is 0 Å². The number of hydrogen-bond acceptors (Lipinski definition) is 4. The molecule has 0 amide bonds. The number of nitriles is 1. The van der Waals surface area contributed by atoms with Crippen LogP contribution in [-0.4, -0.2) is 22.2 Å². The van der Waals surface area contributed by atoms with Gasteiger partial charge in [0, 0.05) is 18.1 Å². The van der Waals surface area contributed by atoms with Crippen molar-refractivity contribution >= 4 is 16.6 Å². The maximum absolute atomic E-state index is 13.8. The van der Waals surface area contributed by atoms with Gasteiger partial charge in [0.25, 0.3) is 0 Å². The maximum atomic E-state index is 13.8. The number of pyridine rings is 1. The van der Waals surface area contributed by atoms with E-state index in [1.807, 2.05) is 0 Å². The van der Waals surface area contributed by atoms with Gasteiger partial charge in [-0.25, -0.2) is 4.39 Å². The average molecular weight is 313 g/mol. The maximum Gasteiger partial charge on any atom is 0.124 e. The summed E-state index contributed by atoms with van der Waals surface area (Å²) in [6.45, 7) is 2.15. The van der Waals surface area contributed by atoms with Crippen molar-refractivity contribution in [3.05, 3.63) is 35.3 Å². The van der Waals surface area contributed by atoms with Crippen LogP contribution in [0.2, 0.25) is 0 Å². The Kier molecular flexibility index (Phi) is 4.18. The second kappa shape index (κ2) is 6.13. The highest BCUT2D eigenvalue weighted by molar-refractivity contribution is 5.95. The SMILES string of the molecule is Cc1cc(F)cc2c(NCC3(O)CCCCC3)c(C#N)cnc12. The fourth-order valence-electron chi connectivity index (χ4n) is 3.35. The minimum absolute atomic E-state index is 0.355. The van der Waals surface area contributed by atoms with Crippen molar-refractivity contribution in [3.8, 4) is 6.07 Å².